The molecular formula is C23H36N4O4. The van der Waals surface area contributed by atoms with Crippen molar-refractivity contribution in [3.8, 4) is 0 Å². The van der Waals surface area contributed by atoms with Gasteiger partial charge in [0.1, 0.15) is 12.1 Å². The number of hydrogen-bond donors (Lipinski definition) is 1. The fraction of sp³-hybridized carbons (Fsp3) is 0.826. The predicted octanol–water partition coefficient (Wildman–Crippen LogP) is 2.13. The molecule has 0 aromatic rings. The second-order valence-corrected chi connectivity index (χ2v) is 9.89. The van der Waals surface area contributed by atoms with Gasteiger partial charge in [-0.25, -0.2) is 4.79 Å². The van der Waals surface area contributed by atoms with Gasteiger partial charge in [0.05, 0.1) is 0 Å². The largest absolute Gasteiger partial charge is 0.339 e. The molecule has 2 atom stereocenters. The van der Waals surface area contributed by atoms with Crippen LogP contribution in [0, 0.1) is 11.8 Å². The van der Waals surface area contributed by atoms with Gasteiger partial charge in [-0.05, 0) is 31.1 Å². The van der Waals surface area contributed by atoms with Crippen LogP contribution < -0.4 is 5.32 Å². The monoisotopic (exact) mass is 432 g/mol. The zero-order valence-corrected chi connectivity index (χ0v) is 18.7. The van der Waals surface area contributed by atoms with Crippen LogP contribution in [0.2, 0.25) is 0 Å². The van der Waals surface area contributed by atoms with Crippen LogP contribution in [0.5, 0.6) is 0 Å². The number of carbonyl (C=O) groups is 4. The van der Waals surface area contributed by atoms with E-state index < -0.39 is 11.6 Å². The van der Waals surface area contributed by atoms with Crippen LogP contribution in [0.3, 0.4) is 0 Å². The molecule has 172 valence electrons. The van der Waals surface area contributed by atoms with Crippen molar-refractivity contribution < 1.29 is 19.2 Å². The molecule has 8 nitrogen and oxygen atoms in total. The van der Waals surface area contributed by atoms with Crippen molar-refractivity contribution in [1.82, 2.24) is 20.0 Å². The number of hydrogen-bond acceptors (Lipinski definition) is 4. The third-order valence-electron chi connectivity index (χ3n) is 8.02. The smallest absolute Gasteiger partial charge is 0.325 e. The van der Waals surface area contributed by atoms with Crippen LogP contribution in [-0.2, 0) is 14.4 Å². The van der Waals surface area contributed by atoms with Crippen LogP contribution in [0.15, 0.2) is 0 Å². The minimum absolute atomic E-state index is 0.0802. The molecule has 5 amide bonds. The summed E-state index contributed by atoms with van der Waals surface area (Å²) >= 11 is 0. The first-order valence-corrected chi connectivity index (χ1v) is 12.1. The number of rotatable bonds is 5. The quantitative estimate of drug-likeness (QED) is 0.674. The van der Waals surface area contributed by atoms with E-state index in [2.05, 4.69) is 5.32 Å². The van der Waals surface area contributed by atoms with Gasteiger partial charge in [0.15, 0.2) is 0 Å². The molecule has 2 heterocycles. The lowest BCUT2D eigenvalue weighted by Gasteiger charge is -2.37. The number of amides is 5. The molecule has 2 unspecified atom stereocenters. The molecule has 4 rings (SSSR count). The molecule has 0 bridgehead atoms. The summed E-state index contributed by atoms with van der Waals surface area (Å²) in [5.41, 5.74) is -0.833. The molecular weight excluding hydrogens is 396 g/mol. The Hall–Kier alpha value is -2.12. The van der Waals surface area contributed by atoms with Crippen molar-refractivity contribution in [1.29, 1.82) is 0 Å². The molecule has 1 spiro atoms. The topological polar surface area (TPSA) is 90.0 Å². The van der Waals surface area contributed by atoms with E-state index in [-0.39, 0.29) is 30.2 Å². The molecule has 1 N–H and O–H groups in total. The Balaban J connectivity index is 1.26. The minimum Gasteiger partial charge on any atom is -0.339 e. The Morgan fingerprint density at radius 2 is 1.55 bits per heavy atom. The van der Waals surface area contributed by atoms with Crippen molar-refractivity contribution >= 4 is 23.8 Å². The van der Waals surface area contributed by atoms with Gasteiger partial charge in [0.25, 0.3) is 5.91 Å². The first-order chi connectivity index (χ1) is 14.9. The highest BCUT2D eigenvalue weighted by atomic mass is 16.2. The van der Waals surface area contributed by atoms with Crippen molar-refractivity contribution in [2.45, 2.75) is 76.7 Å². The van der Waals surface area contributed by atoms with Crippen LogP contribution in [0.1, 0.15) is 71.1 Å². The molecule has 4 aliphatic rings. The van der Waals surface area contributed by atoms with Crippen molar-refractivity contribution in [3.63, 3.8) is 0 Å². The van der Waals surface area contributed by atoms with E-state index in [1.54, 1.807) is 4.90 Å². The first kappa shape index (κ1) is 22.1. The second-order valence-electron chi connectivity index (χ2n) is 9.89. The summed E-state index contributed by atoms with van der Waals surface area (Å²) < 4.78 is 0. The highest BCUT2D eigenvalue weighted by Gasteiger charge is 2.55. The number of nitrogens with one attached hydrogen (secondary N) is 1. The number of urea groups is 1. The molecule has 8 heteroatoms. The Morgan fingerprint density at radius 3 is 2.19 bits per heavy atom. The Morgan fingerprint density at radius 1 is 0.935 bits per heavy atom. The van der Waals surface area contributed by atoms with Gasteiger partial charge >= 0.3 is 6.03 Å². The molecule has 2 aliphatic carbocycles. The Labute approximate surface area is 184 Å². The van der Waals surface area contributed by atoms with Gasteiger partial charge in [-0.1, -0.05) is 45.4 Å². The van der Waals surface area contributed by atoms with E-state index in [1.807, 2.05) is 11.8 Å². The summed E-state index contributed by atoms with van der Waals surface area (Å²) in [6.45, 7) is 3.76. The number of imide groups is 1. The molecule has 2 aliphatic heterocycles. The predicted molar refractivity (Wildman–Crippen MR) is 115 cm³/mol. The average molecular weight is 433 g/mol. The molecule has 0 radical (unpaired) electrons. The summed E-state index contributed by atoms with van der Waals surface area (Å²) in [6.07, 6.45) is 10.2. The summed E-state index contributed by atoms with van der Waals surface area (Å²) in [5.74, 6) is 0.491. The number of nitrogens with zero attached hydrogens (tertiary/aromatic N) is 3. The fourth-order valence-electron chi connectivity index (χ4n) is 5.86. The van der Waals surface area contributed by atoms with Crippen LogP contribution >= 0.6 is 0 Å². The minimum atomic E-state index is -0.833. The van der Waals surface area contributed by atoms with E-state index >= 15 is 0 Å². The van der Waals surface area contributed by atoms with E-state index in [4.69, 9.17) is 0 Å². The summed E-state index contributed by atoms with van der Waals surface area (Å²) in [4.78, 5) is 55.5. The van der Waals surface area contributed by atoms with Gasteiger partial charge in [-0.15, -0.1) is 0 Å². The number of piperazine rings is 1. The zero-order chi connectivity index (χ0) is 22.0. The molecule has 4 fully saturated rings. The maximum Gasteiger partial charge on any atom is 0.325 e. The third kappa shape index (κ3) is 4.44. The van der Waals surface area contributed by atoms with E-state index in [9.17, 15) is 19.2 Å². The van der Waals surface area contributed by atoms with Gasteiger partial charge in [-0.3, -0.25) is 19.3 Å². The summed E-state index contributed by atoms with van der Waals surface area (Å²) in [7, 11) is 0. The zero-order valence-electron chi connectivity index (χ0n) is 18.7. The summed E-state index contributed by atoms with van der Waals surface area (Å²) in [5, 5.41) is 2.90. The van der Waals surface area contributed by atoms with Gasteiger partial charge in [0.2, 0.25) is 11.8 Å². The SMILES string of the molecule is CC1CCCCC12NC(=O)N(CC(=O)N1CCN(C(=O)CCC3CCCC3)CC1)C2=O. The fourth-order valence-corrected chi connectivity index (χ4v) is 5.86. The van der Waals surface area contributed by atoms with Gasteiger partial charge in [-0.2, -0.15) is 0 Å². The molecule has 2 saturated carbocycles. The van der Waals surface area contributed by atoms with E-state index in [0.29, 0.717) is 44.9 Å². The third-order valence-corrected chi connectivity index (χ3v) is 8.02. The van der Waals surface area contributed by atoms with Gasteiger partial charge < -0.3 is 15.1 Å². The van der Waals surface area contributed by atoms with Crippen LogP contribution in [0.4, 0.5) is 4.79 Å². The maximum atomic E-state index is 13.1. The average Bonchev–Trinajstić information content (AvgIpc) is 3.37. The highest BCUT2D eigenvalue weighted by Crippen LogP contribution is 2.38. The maximum absolute atomic E-state index is 13.1. The molecule has 31 heavy (non-hydrogen) atoms. The van der Waals surface area contributed by atoms with Crippen LogP contribution in [0.25, 0.3) is 0 Å². The first-order valence-electron chi connectivity index (χ1n) is 12.1. The molecule has 0 aromatic carbocycles. The van der Waals surface area contributed by atoms with E-state index in [0.717, 1.165) is 30.6 Å². The Bertz CT molecular complexity index is 727. The van der Waals surface area contributed by atoms with Crippen molar-refractivity contribution in [3.05, 3.63) is 0 Å². The van der Waals surface area contributed by atoms with Crippen LogP contribution in [-0.4, -0.2) is 76.7 Å². The summed E-state index contributed by atoms with van der Waals surface area (Å²) in [6, 6.07) is -0.451. The highest BCUT2D eigenvalue weighted by molar-refractivity contribution is 6.09. The Kier molecular flexibility index (Phi) is 6.53. The molecule has 2 saturated heterocycles. The lowest BCUT2D eigenvalue weighted by atomic mass is 9.73. The van der Waals surface area contributed by atoms with E-state index in [1.165, 1.54) is 25.7 Å². The normalized spacial score (nSPS) is 29.7. The number of carbonyl (C=O) groups excluding carboxylic acids is 4. The lowest BCUT2D eigenvalue weighted by molar-refractivity contribution is -0.143. The molecule has 0 aromatic heterocycles. The lowest BCUT2D eigenvalue weighted by Crippen LogP contribution is -2.55. The van der Waals surface area contributed by atoms with Crippen molar-refractivity contribution in [2.75, 3.05) is 32.7 Å². The van der Waals surface area contributed by atoms with Crippen molar-refractivity contribution in [2.24, 2.45) is 11.8 Å². The second kappa shape index (κ2) is 9.17. The standard InChI is InChI=1S/C23H36N4O4/c1-17-6-4-5-11-23(17)21(30)27(22(31)24-23)16-20(29)26-14-12-25(13-15-26)19(28)10-9-18-7-2-3-8-18/h17-18H,2-16H2,1H3,(H,24,31). The van der Waals surface area contributed by atoms with Gasteiger partial charge in [0, 0.05) is 32.6 Å².